The summed E-state index contributed by atoms with van der Waals surface area (Å²) in [5.41, 5.74) is 0.276. The SMILES string of the molecule is CCCCCC(CC)C(C#N)=NO. The van der Waals surface area contributed by atoms with Crippen LogP contribution in [0.3, 0.4) is 0 Å². The van der Waals surface area contributed by atoms with Crippen molar-refractivity contribution in [3.05, 3.63) is 0 Å². The van der Waals surface area contributed by atoms with E-state index in [9.17, 15) is 0 Å². The molecule has 0 aliphatic carbocycles. The smallest absolute Gasteiger partial charge is 0.159 e. The molecule has 0 spiro atoms. The van der Waals surface area contributed by atoms with E-state index in [1.54, 1.807) is 0 Å². The van der Waals surface area contributed by atoms with Gasteiger partial charge in [-0.1, -0.05) is 38.3 Å². The molecule has 1 unspecified atom stereocenters. The van der Waals surface area contributed by atoms with Crippen LogP contribution in [-0.4, -0.2) is 10.9 Å². The van der Waals surface area contributed by atoms with Crippen LogP contribution < -0.4 is 0 Å². The first-order valence-electron chi connectivity index (χ1n) is 4.92. The Morgan fingerprint density at radius 3 is 2.54 bits per heavy atom. The molecule has 0 aromatic heterocycles. The zero-order valence-electron chi connectivity index (χ0n) is 8.45. The fraction of sp³-hybridized carbons (Fsp3) is 0.800. The molecule has 0 aliphatic heterocycles. The Hall–Kier alpha value is -1.04. The van der Waals surface area contributed by atoms with Crippen molar-refractivity contribution in [1.29, 1.82) is 5.26 Å². The number of rotatable bonds is 6. The van der Waals surface area contributed by atoms with Gasteiger partial charge >= 0.3 is 0 Å². The van der Waals surface area contributed by atoms with Crippen LogP contribution in [0.15, 0.2) is 5.16 Å². The first kappa shape index (κ1) is 12.0. The second-order valence-electron chi connectivity index (χ2n) is 3.20. The van der Waals surface area contributed by atoms with E-state index < -0.39 is 0 Å². The van der Waals surface area contributed by atoms with Gasteiger partial charge in [0.2, 0.25) is 0 Å². The summed E-state index contributed by atoms with van der Waals surface area (Å²) in [4.78, 5) is 0. The molecule has 3 nitrogen and oxygen atoms in total. The Labute approximate surface area is 80.1 Å². The highest BCUT2D eigenvalue weighted by Gasteiger charge is 2.13. The highest BCUT2D eigenvalue weighted by atomic mass is 16.4. The lowest BCUT2D eigenvalue weighted by molar-refractivity contribution is 0.314. The highest BCUT2D eigenvalue weighted by molar-refractivity contribution is 5.99. The van der Waals surface area contributed by atoms with Crippen LogP contribution in [0.1, 0.15) is 46.0 Å². The van der Waals surface area contributed by atoms with Crippen LogP contribution in [0.5, 0.6) is 0 Å². The van der Waals surface area contributed by atoms with Crippen LogP contribution >= 0.6 is 0 Å². The van der Waals surface area contributed by atoms with E-state index in [1.165, 1.54) is 12.8 Å². The molecule has 0 bridgehead atoms. The average Bonchev–Trinajstić information content (AvgIpc) is 2.17. The first-order valence-corrected chi connectivity index (χ1v) is 4.92. The lowest BCUT2D eigenvalue weighted by Gasteiger charge is -2.10. The minimum absolute atomic E-state index is 0.140. The number of unbranched alkanes of at least 4 members (excludes halogenated alkanes) is 2. The van der Waals surface area contributed by atoms with E-state index in [-0.39, 0.29) is 11.6 Å². The Balaban J connectivity index is 3.96. The van der Waals surface area contributed by atoms with Crippen molar-refractivity contribution in [3.8, 4) is 6.07 Å². The van der Waals surface area contributed by atoms with Gasteiger partial charge in [-0.3, -0.25) is 0 Å². The second kappa shape index (κ2) is 7.60. The van der Waals surface area contributed by atoms with E-state index in [4.69, 9.17) is 10.5 Å². The molecule has 0 fully saturated rings. The van der Waals surface area contributed by atoms with Gasteiger partial charge in [-0.2, -0.15) is 5.26 Å². The maximum absolute atomic E-state index is 8.64. The zero-order chi connectivity index (χ0) is 10.1. The molecular formula is C10H18N2O. The van der Waals surface area contributed by atoms with Gasteiger partial charge in [-0.05, 0) is 12.8 Å². The van der Waals surface area contributed by atoms with Crippen LogP contribution in [0.2, 0.25) is 0 Å². The van der Waals surface area contributed by atoms with Crippen LogP contribution in [0.4, 0.5) is 0 Å². The lowest BCUT2D eigenvalue weighted by atomic mass is 9.94. The van der Waals surface area contributed by atoms with E-state index >= 15 is 0 Å². The van der Waals surface area contributed by atoms with Gasteiger partial charge in [0, 0.05) is 5.92 Å². The fourth-order valence-electron chi connectivity index (χ4n) is 1.37. The Morgan fingerprint density at radius 2 is 2.15 bits per heavy atom. The number of oxime groups is 1. The monoisotopic (exact) mass is 182 g/mol. The third-order valence-electron chi connectivity index (χ3n) is 2.26. The largest absolute Gasteiger partial charge is 0.410 e. The number of hydrogen-bond acceptors (Lipinski definition) is 3. The van der Waals surface area contributed by atoms with Gasteiger partial charge < -0.3 is 5.21 Å². The van der Waals surface area contributed by atoms with E-state index in [0.29, 0.717) is 0 Å². The Bertz CT molecular complexity index is 194. The molecule has 3 heteroatoms. The maximum Gasteiger partial charge on any atom is 0.159 e. The van der Waals surface area contributed by atoms with Crippen molar-refractivity contribution >= 4 is 5.71 Å². The van der Waals surface area contributed by atoms with Crippen molar-refractivity contribution in [2.24, 2.45) is 11.1 Å². The van der Waals surface area contributed by atoms with Crippen LogP contribution in [-0.2, 0) is 0 Å². The summed E-state index contributed by atoms with van der Waals surface area (Å²) in [5.74, 6) is 0.140. The summed E-state index contributed by atoms with van der Waals surface area (Å²) in [5, 5.41) is 20.2. The van der Waals surface area contributed by atoms with Crippen LogP contribution in [0.25, 0.3) is 0 Å². The van der Waals surface area contributed by atoms with Crippen molar-refractivity contribution in [1.82, 2.24) is 0 Å². The topological polar surface area (TPSA) is 56.4 Å². The summed E-state index contributed by atoms with van der Waals surface area (Å²) in [6.45, 7) is 4.16. The predicted octanol–water partition coefficient (Wildman–Crippen LogP) is 2.95. The molecule has 0 aliphatic rings. The normalized spacial score (nSPS) is 13.8. The summed E-state index contributed by atoms with van der Waals surface area (Å²) in [6.07, 6.45) is 5.29. The minimum Gasteiger partial charge on any atom is -0.410 e. The van der Waals surface area contributed by atoms with Gasteiger partial charge in [0.25, 0.3) is 0 Å². The summed E-state index contributed by atoms with van der Waals surface area (Å²) in [7, 11) is 0. The molecule has 0 aromatic rings. The summed E-state index contributed by atoms with van der Waals surface area (Å²) >= 11 is 0. The number of hydrogen-bond donors (Lipinski definition) is 1. The third-order valence-corrected chi connectivity index (χ3v) is 2.26. The van der Waals surface area contributed by atoms with Crippen molar-refractivity contribution in [3.63, 3.8) is 0 Å². The number of nitriles is 1. The minimum atomic E-state index is 0.140. The molecule has 1 atom stereocenters. The molecule has 0 heterocycles. The number of nitrogens with zero attached hydrogens (tertiary/aromatic N) is 2. The molecule has 0 radical (unpaired) electrons. The molecule has 13 heavy (non-hydrogen) atoms. The molecule has 0 rings (SSSR count). The Kier molecular flexibility index (Phi) is 6.99. The molecule has 0 saturated heterocycles. The molecule has 74 valence electrons. The fourth-order valence-corrected chi connectivity index (χ4v) is 1.37. The molecule has 1 N–H and O–H groups in total. The van der Waals surface area contributed by atoms with Crippen molar-refractivity contribution in [2.45, 2.75) is 46.0 Å². The van der Waals surface area contributed by atoms with Gasteiger partial charge in [0.05, 0.1) is 0 Å². The van der Waals surface area contributed by atoms with Gasteiger partial charge in [0.15, 0.2) is 5.71 Å². The van der Waals surface area contributed by atoms with Gasteiger partial charge in [0.1, 0.15) is 6.07 Å². The molecule has 0 amide bonds. The zero-order valence-corrected chi connectivity index (χ0v) is 8.45. The van der Waals surface area contributed by atoms with E-state index in [1.807, 2.05) is 13.0 Å². The van der Waals surface area contributed by atoms with E-state index in [0.717, 1.165) is 19.3 Å². The molecular weight excluding hydrogens is 164 g/mol. The highest BCUT2D eigenvalue weighted by Crippen LogP contribution is 2.15. The summed E-state index contributed by atoms with van der Waals surface area (Å²) in [6, 6.07) is 1.93. The van der Waals surface area contributed by atoms with Crippen LogP contribution in [0, 0.1) is 17.2 Å². The lowest BCUT2D eigenvalue weighted by Crippen LogP contribution is -2.11. The quantitative estimate of drug-likeness (QED) is 0.297. The second-order valence-corrected chi connectivity index (χ2v) is 3.20. The third kappa shape index (κ3) is 4.51. The summed E-state index contributed by atoms with van der Waals surface area (Å²) < 4.78 is 0. The Morgan fingerprint density at radius 1 is 1.46 bits per heavy atom. The van der Waals surface area contributed by atoms with Crippen molar-refractivity contribution < 1.29 is 5.21 Å². The standard InChI is InChI=1S/C10H18N2O/c1-3-5-6-7-9(4-2)10(8-11)12-13/h9,13H,3-7H2,1-2H3. The molecule has 0 saturated carbocycles. The van der Waals surface area contributed by atoms with Gasteiger partial charge in [-0.25, -0.2) is 0 Å². The van der Waals surface area contributed by atoms with Crippen molar-refractivity contribution in [2.75, 3.05) is 0 Å². The molecule has 0 aromatic carbocycles. The first-order chi connectivity index (χ1) is 6.29. The average molecular weight is 182 g/mol. The van der Waals surface area contributed by atoms with Gasteiger partial charge in [-0.15, -0.1) is 0 Å². The van der Waals surface area contributed by atoms with E-state index in [2.05, 4.69) is 12.1 Å². The predicted molar refractivity (Wildman–Crippen MR) is 52.8 cm³/mol. The maximum atomic E-state index is 8.64.